The van der Waals surface area contributed by atoms with Crippen LogP contribution in [0.5, 0.6) is 0 Å². The molecule has 0 saturated heterocycles. The van der Waals surface area contributed by atoms with Gasteiger partial charge in [-0.05, 0) is 175 Å². The van der Waals surface area contributed by atoms with Crippen molar-refractivity contribution >= 4 is 11.8 Å². The third-order valence-electron chi connectivity index (χ3n) is 12.4. The van der Waals surface area contributed by atoms with Gasteiger partial charge in [-0.15, -0.1) is 0 Å². The minimum absolute atomic E-state index is 0.0740. The number of nitrogens with zero attached hydrogens (tertiary/aromatic N) is 2. The molecule has 0 radical (unpaired) electrons. The Hall–Kier alpha value is -1.98. The zero-order valence-electron chi connectivity index (χ0n) is 43.9. The van der Waals surface area contributed by atoms with Crippen molar-refractivity contribution in [3.05, 3.63) is 24.3 Å². The molecular weight excluding hydrogens is 837 g/mol. The monoisotopic (exact) mass is 949 g/mol. The molecule has 67 heavy (non-hydrogen) atoms. The van der Waals surface area contributed by atoms with Crippen molar-refractivity contribution in [2.75, 3.05) is 118 Å². The molecule has 0 aliphatic carbocycles. The van der Waals surface area contributed by atoms with Crippen LogP contribution in [-0.2, 0) is 9.59 Å². The van der Waals surface area contributed by atoms with Crippen LogP contribution in [0.4, 0.5) is 0 Å². The molecule has 396 valence electrons. The summed E-state index contributed by atoms with van der Waals surface area (Å²) in [5.41, 5.74) is 22.8. The van der Waals surface area contributed by atoms with Gasteiger partial charge >= 0.3 is 0 Å². The number of carbonyl (C=O) groups is 2. The van der Waals surface area contributed by atoms with Crippen molar-refractivity contribution in [2.45, 2.75) is 186 Å². The maximum atomic E-state index is 13.3. The Morgan fingerprint density at radius 2 is 0.791 bits per heavy atom. The minimum Gasteiger partial charge on any atom is -0.355 e. The van der Waals surface area contributed by atoms with Crippen LogP contribution in [0.3, 0.4) is 0 Å². The summed E-state index contributed by atoms with van der Waals surface area (Å²) in [6.45, 7) is 19.3. The van der Waals surface area contributed by atoms with Crippen LogP contribution in [0.25, 0.3) is 0 Å². The van der Waals surface area contributed by atoms with E-state index in [1.165, 1.54) is 77.0 Å². The van der Waals surface area contributed by atoms with E-state index in [0.29, 0.717) is 39.3 Å². The van der Waals surface area contributed by atoms with E-state index in [2.05, 4.69) is 79.9 Å². The Labute approximate surface area is 413 Å². The molecule has 0 fully saturated rings. The van der Waals surface area contributed by atoms with Crippen LogP contribution < -0.4 is 54.8 Å². The summed E-state index contributed by atoms with van der Waals surface area (Å²) in [4.78, 5) is 31.7. The Bertz CT molecular complexity index is 1100. The topological polar surface area (TPSA) is 217 Å². The lowest BCUT2D eigenvalue weighted by atomic mass is 10.1. The molecule has 0 aliphatic rings. The SMILES string of the molecule is CCCCCCCC/C=C\CN(CCCCN(C/C=C\CCCCCCCC)CCCNC(=O)C(CCNCCCN)NCCCN)CCCNC(=O)C(CCCNCCCN)NCCCN. The highest BCUT2D eigenvalue weighted by atomic mass is 16.2. The van der Waals surface area contributed by atoms with Crippen LogP contribution in [0, 0.1) is 0 Å². The van der Waals surface area contributed by atoms with Crippen molar-refractivity contribution < 1.29 is 9.59 Å². The summed E-state index contributed by atoms with van der Waals surface area (Å²) in [5.74, 6) is 0.167. The largest absolute Gasteiger partial charge is 0.355 e. The van der Waals surface area contributed by atoms with E-state index in [1.807, 2.05) is 0 Å². The third-order valence-corrected chi connectivity index (χ3v) is 12.4. The van der Waals surface area contributed by atoms with Gasteiger partial charge in [0, 0.05) is 39.3 Å². The predicted molar refractivity (Wildman–Crippen MR) is 289 cm³/mol. The maximum Gasteiger partial charge on any atom is 0.237 e. The standard InChI is InChI=1S/C53H112N12O2/c1-3-5-7-9-11-13-15-17-19-44-64(48-28-41-62-52(66)50(60-39-26-34-56)30-23-36-58-37-24-32-54)46-21-22-47-65(45-20-18-16-14-12-10-8-6-4-2)49-29-42-63-53(67)51(61-40-27-35-57)31-43-59-38-25-33-55/h17-20,50-51,58-61H,3-16,21-49,54-57H2,1-2H3,(H,62,66)(H,63,67)/b19-17-,20-18-. The number of rotatable bonds is 54. The first-order chi connectivity index (χ1) is 33.0. The number of hydrogen-bond donors (Lipinski definition) is 10. The summed E-state index contributed by atoms with van der Waals surface area (Å²) >= 11 is 0. The van der Waals surface area contributed by atoms with Gasteiger partial charge in [0.2, 0.25) is 11.8 Å². The molecule has 2 unspecified atom stereocenters. The van der Waals surface area contributed by atoms with Gasteiger partial charge in [0.1, 0.15) is 0 Å². The fourth-order valence-corrected chi connectivity index (χ4v) is 8.09. The molecule has 2 atom stereocenters. The molecule has 0 aromatic carbocycles. The molecule has 0 bridgehead atoms. The zero-order chi connectivity index (χ0) is 48.9. The molecular formula is C53H112N12O2. The summed E-state index contributed by atoms with van der Waals surface area (Å²) in [6, 6.07) is -0.430. The second-order valence-corrected chi connectivity index (χ2v) is 18.7. The maximum absolute atomic E-state index is 13.3. The fraction of sp³-hybridized carbons (Fsp3) is 0.887. The van der Waals surface area contributed by atoms with Crippen LogP contribution >= 0.6 is 0 Å². The highest BCUT2D eigenvalue weighted by Crippen LogP contribution is 2.10. The third kappa shape index (κ3) is 44.9. The van der Waals surface area contributed by atoms with E-state index < -0.39 is 0 Å². The van der Waals surface area contributed by atoms with Gasteiger partial charge in [-0.25, -0.2) is 0 Å². The predicted octanol–water partition coefficient (Wildman–Crippen LogP) is 5.66. The van der Waals surface area contributed by atoms with E-state index in [0.717, 1.165) is 162 Å². The Morgan fingerprint density at radius 1 is 0.403 bits per heavy atom. The quantitative estimate of drug-likeness (QED) is 0.0264. The average Bonchev–Trinajstić information content (AvgIpc) is 3.33. The van der Waals surface area contributed by atoms with Crippen molar-refractivity contribution in [3.63, 3.8) is 0 Å². The molecule has 0 aromatic heterocycles. The van der Waals surface area contributed by atoms with Crippen LogP contribution in [-0.4, -0.2) is 152 Å². The highest BCUT2D eigenvalue weighted by molar-refractivity contribution is 5.82. The van der Waals surface area contributed by atoms with Crippen LogP contribution in [0.15, 0.2) is 24.3 Å². The lowest BCUT2D eigenvalue weighted by molar-refractivity contribution is -0.124. The second kappa shape index (κ2) is 53.4. The highest BCUT2D eigenvalue weighted by Gasteiger charge is 2.18. The Morgan fingerprint density at radius 3 is 1.25 bits per heavy atom. The van der Waals surface area contributed by atoms with Gasteiger partial charge in [0.15, 0.2) is 0 Å². The Balaban J connectivity index is 5.41. The van der Waals surface area contributed by atoms with E-state index in [-0.39, 0.29) is 23.9 Å². The molecule has 2 amide bonds. The summed E-state index contributed by atoms with van der Waals surface area (Å²) in [5, 5.41) is 20.2. The van der Waals surface area contributed by atoms with E-state index in [9.17, 15) is 9.59 Å². The molecule has 0 spiro atoms. The molecule has 0 aliphatic heterocycles. The first kappa shape index (κ1) is 65.0. The van der Waals surface area contributed by atoms with E-state index in [4.69, 9.17) is 22.9 Å². The lowest BCUT2D eigenvalue weighted by Gasteiger charge is -2.24. The van der Waals surface area contributed by atoms with Gasteiger partial charge in [-0.1, -0.05) is 102 Å². The first-order valence-electron chi connectivity index (χ1n) is 28.0. The number of nitrogens with one attached hydrogen (secondary N) is 6. The fourth-order valence-electron chi connectivity index (χ4n) is 8.09. The number of unbranched alkanes of at least 4 members (excludes halogenated alkanes) is 13. The van der Waals surface area contributed by atoms with Crippen LogP contribution in [0.1, 0.15) is 174 Å². The molecule has 0 rings (SSSR count). The molecule has 14 nitrogen and oxygen atoms in total. The minimum atomic E-state index is -0.229. The first-order valence-corrected chi connectivity index (χ1v) is 28.0. The smallest absolute Gasteiger partial charge is 0.237 e. The molecule has 14 N–H and O–H groups in total. The van der Waals surface area contributed by atoms with Crippen molar-refractivity contribution in [1.29, 1.82) is 0 Å². The zero-order valence-corrected chi connectivity index (χ0v) is 43.9. The van der Waals surface area contributed by atoms with Crippen molar-refractivity contribution in [3.8, 4) is 0 Å². The van der Waals surface area contributed by atoms with Gasteiger partial charge in [-0.3, -0.25) is 19.4 Å². The van der Waals surface area contributed by atoms with Gasteiger partial charge < -0.3 is 54.8 Å². The molecule has 0 heterocycles. The number of nitrogens with two attached hydrogens (primary N) is 4. The van der Waals surface area contributed by atoms with Gasteiger partial charge in [0.05, 0.1) is 12.1 Å². The van der Waals surface area contributed by atoms with E-state index in [1.54, 1.807) is 0 Å². The number of carbonyl (C=O) groups excluding carboxylic acids is 2. The number of amides is 2. The normalized spacial score (nSPS) is 12.9. The molecule has 0 saturated carbocycles. The summed E-state index contributed by atoms with van der Waals surface area (Å²) in [7, 11) is 0. The van der Waals surface area contributed by atoms with Crippen molar-refractivity contribution in [2.24, 2.45) is 22.9 Å². The average molecular weight is 950 g/mol. The van der Waals surface area contributed by atoms with Gasteiger partial charge in [0.25, 0.3) is 0 Å². The van der Waals surface area contributed by atoms with Gasteiger partial charge in [-0.2, -0.15) is 0 Å². The number of allylic oxidation sites excluding steroid dienone is 2. The van der Waals surface area contributed by atoms with E-state index >= 15 is 0 Å². The summed E-state index contributed by atoms with van der Waals surface area (Å²) < 4.78 is 0. The molecule has 0 aromatic rings. The number of hydrogen-bond acceptors (Lipinski definition) is 12. The second-order valence-electron chi connectivity index (χ2n) is 18.7. The Kier molecular flexibility index (Phi) is 51.8. The van der Waals surface area contributed by atoms with Crippen LogP contribution in [0.2, 0.25) is 0 Å². The van der Waals surface area contributed by atoms with Crippen molar-refractivity contribution in [1.82, 2.24) is 41.7 Å². The summed E-state index contributed by atoms with van der Waals surface area (Å²) in [6.07, 6.45) is 37.8. The molecule has 14 heteroatoms. The lowest BCUT2D eigenvalue weighted by Crippen LogP contribution is -2.46.